The number of hydrogen-bond donors (Lipinski definition) is 1. The van der Waals surface area contributed by atoms with E-state index < -0.39 is 0 Å². The minimum absolute atomic E-state index is 0.123. The summed E-state index contributed by atoms with van der Waals surface area (Å²) >= 11 is 0. The van der Waals surface area contributed by atoms with Gasteiger partial charge in [0.15, 0.2) is 0 Å². The Morgan fingerprint density at radius 3 is 2.44 bits per heavy atom. The fourth-order valence-corrected chi connectivity index (χ4v) is 4.69. The second-order valence-corrected chi connectivity index (χ2v) is 8.35. The van der Waals surface area contributed by atoms with Crippen molar-refractivity contribution in [2.45, 2.75) is 25.7 Å². The fraction of sp³-hybridized carbons (Fsp3) is 0.250. The molecular formula is C28H28N2O2. The molecule has 0 aliphatic carbocycles. The lowest BCUT2D eigenvalue weighted by Crippen LogP contribution is -2.33. The van der Waals surface area contributed by atoms with Gasteiger partial charge in [0.1, 0.15) is 5.75 Å². The van der Waals surface area contributed by atoms with Crippen molar-refractivity contribution in [3.05, 3.63) is 101 Å². The highest BCUT2D eigenvalue weighted by Crippen LogP contribution is 2.30. The quantitative estimate of drug-likeness (QED) is 0.420. The number of carbonyl (C=O) groups is 1. The first-order chi connectivity index (χ1) is 15.8. The molecule has 3 aromatic carbocycles. The third-order valence-corrected chi connectivity index (χ3v) is 6.28. The number of fused-ring (bicyclic) bond motifs is 3. The van der Waals surface area contributed by atoms with Gasteiger partial charge in [-0.05, 0) is 60.7 Å². The molecule has 4 aromatic rings. The van der Waals surface area contributed by atoms with Crippen molar-refractivity contribution >= 4 is 16.8 Å². The second-order valence-electron chi connectivity index (χ2n) is 8.35. The van der Waals surface area contributed by atoms with Crippen molar-refractivity contribution in [1.29, 1.82) is 0 Å². The molecule has 5 rings (SSSR count). The van der Waals surface area contributed by atoms with Crippen molar-refractivity contribution in [2.75, 3.05) is 19.7 Å². The van der Waals surface area contributed by atoms with Crippen LogP contribution >= 0.6 is 0 Å². The van der Waals surface area contributed by atoms with Crippen LogP contribution in [0, 0.1) is 0 Å². The Hall–Kier alpha value is -3.53. The lowest BCUT2D eigenvalue weighted by Gasteiger charge is -2.20. The molecule has 162 valence electrons. The van der Waals surface area contributed by atoms with Gasteiger partial charge in [-0.25, -0.2) is 0 Å². The minimum atomic E-state index is 0.123. The van der Waals surface area contributed by atoms with E-state index in [2.05, 4.69) is 23.2 Å². The van der Waals surface area contributed by atoms with Crippen LogP contribution < -0.4 is 4.74 Å². The Morgan fingerprint density at radius 2 is 1.62 bits per heavy atom. The lowest BCUT2D eigenvalue weighted by atomic mass is 9.99. The minimum Gasteiger partial charge on any atom is -0.494 e. The van der Waals surface area contributed by atoms with Crippen molar-refractivity contribution in [3.63, 3.8) is 0 Å². The van der Waals surface area contributed by atoms with Gasteiger partial charge in [-0.3, -0.25) is 4.79 Å². The zero-order valence-corrected chi connectivity index (χ0v) is 18.2. The third-order valence-electron chi connectivity index (χ3n) is 6.28. The monoisotopic (exact) mass is 424 g/mol. The highest BCUT2D eigenvalue weighted by molar-refractivity contribution is 5.94. The number of hydrogen-bond acceptors (Lipinski definition) is 2. The molecule has 1 amide bonds. The molecule has 0 bridgehead atoms. The zero-order valence-electron chi connectivity index (χ0n) is 18.2. The smallest absolute Gasteiger partial charge is 0.253 e. The normalized spacial score (nSPS) is 13.6. The number of aromatic amines is 1. The van der Waals surface area contributed by atoms with Gasteiger partial charge in [-0.2, -0.15) is 0 Å². The van der Waals surface area contributed by atoms with Crippen LogP contribution in [0.15, 0.2) is 78.9 Å². The Balaban J connectivity index is 1.30. The summed E-state index contributed by atoms with van der Waals surface area (Å²) in [5.74, 6) is 1.04. The van der Waals surface area contributed by atoms with Crippen molar-refractivity contribution < 1.29 is 9.53 Å². The van der Waals surface area contributed by atoms with Crippen LogP contribution in [0.4, 0.5) is 0 Å². The maximum absolute atomic E-state index is 12.9. The predicted octanol–water partition coefficient (Wildman–Crippen LogP) is 5.42. The summed E-state index contributed by atoms with van der Waals surface area (Å²) in [5, 5.41) is 1.34. The van der Waals surface area contributed by atoms with E-state index in [1.165, 1.54) is 27.7 Å². The van der Waals surface area contributed by atoms with E-state index >= 15 is 0 Å². The molecule has 1 N–H and O–H groups in total. The number of ether oxygens (including phenoxy) is 1. The molecule has 0 atom stereocenters. The van der Waals surface area contributed by atoms with E-state index in [4.69, 9.17) is 4.74 Å². The topological polar surface area (TPSA) is 45.3 Å². The zero-order chi connectivity index (χ0) is 21.8. The van der Waals surface area contributed by atoms with Crippen molar-refractivity contribution in [3.8, 4) is 5.75 Å². The van der Waals surface area contributed by atoms with Crippen LogP contribution in [0.25, 0.3) is 10.9 Å². The number of benzene rings is 3. The van der Waals surface area contributed by atoms with Gasteiger partial charge < -0.3 is 14.6 Å². The van der Waals surface area contributed by atoms with Crippen LogP contribution in [0.3, 0.4) is 0 Å². The number of aryl methyl sites for hydroxylation is 1. The molecule has 1 aliphatic rings. The summed E-state index contributed by atoms with van der Waals surface area (Å²) in [6, 6.07) is 26.1. The van der Waals surface area contributed by atoms with Crippen LogP contribution in [0.1, 0.15) is 33.6 Å². The highest BCUT2D eigenvalue weighted by Gasteiger charge is 2.23. The maximum atomic E-state index is 12.9. The fourth-order valence-electron chi connectivity index (χ4n) is 4.69. The number of rotatable bonds is 6. The first-order valence-corrected chi connectivity index (χ1v) is 11.4. The molecule has 0 saturated carbocycles. The Labute approximate surface area is 188 Å². The first kappa shape index (κ1) is 20.4. The molecule has 2 heterocycles. The van der Waals surface area contributed by atoms with E-state index in [1.807, 2.05) is 65.6 Å². The van der Waals surface area contributed by atoms with Gasteiger partial charge in [0.2, 0.25) is 0 Å². The van der Waals surface area contributed by atoms with E-state index in [1.54, 1.807) is 0 Å². The summed E-state index contributed by atoms with van der Waals surface area (Å²) in [7, 11) is 0. The molecule has 32 heavy (non-hydrogen) atoms. The lowest BCUT2D eigenvalue weighted by molar-refractivity contribution is 0.0763. The number of aromatic nitrogens is 1. The van der Waals surface area contributed by atoms with Gasteiger partial charge in [0.05, 0.1) is 6.61 Å². The third kappa shape index (κ3) is 4.26. The van der Waals surface area contributed by atoms with E-state index in [9.17, 15) is 4.79 Å². The van der Waals surface area contributed by atoms with Crippen LogP contribution in [-0.4, -0.2) is 35.5 Å². The van der Waals surface area contributed by atoms with Gasteiger partial charge in [0, 0.05) is 41.7 Å². The molecule has 0 spiro atoms. The number of nitrogens with one attached hydrogen (secondary N) is 1. The van der Waals surface area contributed by atoms with Crippen molar-refractivity contribution in [1.82, 2.24) is 9.88 Å². The van der Waals surface area contributed by atoms with E-state index in [0.29, 0.717) is 6.61 Å². The van der Waals surface area contributed by atoms with Crippen LogP contribution in [-0.2, 0) is 19.3 Å². The number of carbonyl (C=O) groups excluding carboxylic acids is 1. The maximum Gasteiger partial charge on any atom is 0.253 e. The summed E-state index contributed by atoms with van der Waals surface area (Å²) < 4.78 is 5.88. The average molecular weight is 425 g/mol. The summed E-state index contributed by atoms with van der Waals surface area (Å²) in [6.45, 7) is 2.19. The summed E-state index contributed by atoms with van der Waals surface area (Å²) in [4.78, 5) is 18.6. The summed E-state index contributed by atoms with van der Waals surface area (Å²) in [6.07, 6.45) is 3.68. The Bertz CT molecular complexity index is 1200. The van der Waals surface area contributed by atoms with Crippen LogP contribution in [0.5, 0.6) is 5.75 Å². The second kappa shape index (κ2) is 9.31. The number of nitrogens with zero attached hydrogens (tertiary/aromatic N) is 1. The predicted molar refractivity (Wildman–Crippen MR) is 128 cm³/mol. The molecule has 1 aromatic heterocycles. The van der Waals surface area contributed by atoms with Gasteiger partial charge >= 0.3 is 0 Å². The first-order valence-electron chi connectivity index (χ1n) is 11.4. The molecule has 0 unspecified atom stereocenters. The Morgan fingerprint density at radius 1 is 0.875 bits per heavy atom. The number of H-pyrrole nitrogens is 1. The standard InChI is InChI=1S/C28H28N2O2/c31-28(22-9-3-1-4-10-22)30-18-16-24-25(17-19-30)29-26-15-7-11-21(27(24)26)12-8-20-32-23-13-5-2-6-14-23/h1-7,9-11,13-15,29H,8,12,16-20H2. The molecule has 0 fully saturated rings. The molecule has 0 saturated heterocycles. The average Bonchev–Trinajstić information content (AvgIpc) is 3.08. The van der Waals surface area contributed by atoms with Gasteiger partial charge in [-0.1, -0.05) is 48.5 Å². The molecule has 4 nitrogen and oxygen atoms in total. The molecule has 1 aliphatic heterocycles. The van der Waals surface area contributed by atoms with Gasteiger partial charge in [-0.15, -0.1) is 0 Å². The molecule has 4 heteroatoms. The SMILES string of the molecule is O=C(c1ccccc1)N1CCc2[nH]c3cccc(CCCOc4ccccc4)c3c2CC1. The number of amides is 1. The van der Waals surface area contributed by atoms with Gasteiger partial charge in [0.25, 0.3) is 5.91 Å². The van der Waals surface area contributed by atoms with E-state index in [-0.39, 0.29) is 5.91 Å². The number of para-hydroxylation sites is 1. The molecular weight excluding hydrogens is 396 g/mol. The Kier molecular flexibility index (Phi) is 5.93. The van der Waals surface area contributed by atoms with E-state index in [0.717, 1.165) is 50.1 Å². The molecule has 0 radical (unpaired) electrons. The van der Waals surface area contributed by atoms with Crippen molar-refractivity contribution in [2.24, 2.45) is 0 Å². The van der Waals surface area contributed by atoms with Crippen LogP contribution in [0.2, 0.25) is 0 Å². The summed E-state index contributed by atoms with van der Waals surface area (Å²) in [5.41, 5.74) is 5.99. The highest BCUT2D eigenvalue weighted by atomic mass is 16.5. The largest absolute Gasteiger partial charge is 0.494 e.